The summed E-state index contributed by atoms with van der Waals surface area (Å²) in [6, 6.07) is 6.95. The van der Waals surface area contributed by atoms with Gasteiger partial charge in [0.15, 0.2) is 10.9 Å². The molecule has 27 heavy (non-hydrogen) atoms. The van der Waals surface area contributed by atoms with Crippen LogP contribution in [0, 0.1) is 5.92 Å². The molecule has 1 saturated heterocycles. The lowest BCUT2D eigenvalue weighted by Crippen LogP contribution is -2.14. The molecule has 1 aliphatic rings. The van der Waals surface area contributed by atoms with Crippen LogP contribution in [0.5, 0.6) is 0 Å². The van der Waals surface area contributed by atoms with Crippen LogP contribution < -0.4 is 10.6 Å². The third-order valence-corrected chi connectivity index (χ3v) is 4.99. The number of nitrogens with one attached hydrogen (secondary N) is 2. The van der Waals surface area contributed by atoms with E-state index in [1.54, 1.807) is 24.3 Å². The summed E-state index contributed by atoms with van der Waals surface area (Å²) in [6.45, 7) is 4.44. The fourth-order valence-corrected chi connectivity index (χ4v) is 3.49. The van der Waals surface area contributed by atoms with E-state index in [1.165, 1.54) is 23.6 Å². The molecule has 0 spiro atoms. The van der Waals surface area contributed by atoms with Crippen LogP contribution >= 0.6 is 11.3 Å². The summed E-state index contributed by atoms with van der Waals surface area (Å²) in [5, 5.41) is 5.76. The van der Waals surface area contributed by atoms with Gasteiger partial charge in [-0.05, 0) is 30.2 Å². The minimum atomic E-state index is -0.293. The van der Waals surface area contributed by atoms with Crippen molar-refractivity contribution in [3.05, 3.63) is 53.6 Å². The van der Waals surface area contributed by atoms with E-state index in [0.717, 1.165) is 12.0 Å². The Morgan fingerprint density at radius 2 is 2.04 bits per heavy atom. The van der Waals surface area contributed by atoms with Crippen molar-refractivity contribution in [1.82, 2.24) is 4.98 Å². The van der Waals surface area contributed by atoms with Gasteiger partial charge in [-0.1, -0.05) is 30.0 Å². The second kappa shape index (κ2) is 8.70. The predicted octanol–water partition coefficient (Wildman–Crippen LogP) is 2.67. The van der Waals surface area contributed by atoms with E-state index in [2.05, 4.69) is 22.2 Å². The number of benzene rings is 1. The van der Waals surface area contributed by atoms with E-state index < -0.39 is 0 Å². The van der Waals surface area contributed by atoms with Gasteiger partial charge in [-0.25, -0.2) is 4.98 Å². The first-order valence-electron chi connectivity index (χ1n) is 8.45. The molecule has 0 radical (unpaired) electrons. The number of rotatable bonds is 7. The first kappa shape index (κ1) is 18.9. The minimum absolute atomic E-state index is 0.0164. The maximum absolute atomic E-state index is 12.3. The van der Waals surface area contributed by atoms with Crippen molar-refractivity contribution in [1.29, 1.82) is 0 Å². The van der Waals surface area contributed by atoms with Crippen molar-refractivity contribution < 1.29 is 19.1 Å². The van der Waals surface area contributed by atoms with E-state index >= 15 is 0 Å². The lowest BCUT2D eigenvalue weighted by Gasteiger charge is -2.05. The molecule has 0 bridgehead atoms. The van der Waals surface area contributed by atoms with E-state index in [9.17, 15) is 14.4 Å². The number of hydrogen-bond donors (Lipinski definition) is 2. The number of ether oxygens (including phenoxy) is 1. The largest absolute Gasteiger partial charge is 0.381 e. The van der Waals surface area contributed by atoms with E-state index in [4.69, 9.17) is 4.74 Å². The van der Waals surface area contributed by atoms with Crippen LogP contribution in [-0.4, -0.2) is 35.8 Å². The number of amides is 2. The fourth-order valence-electron chi connectivity index (χ4n) is 2.64. The smallest absolute Gasteiger partial charge is 0.247 e. The zero-order valence-corrected chi connectivity index (χ0v) is 15.4. The summed E-state index contributed by atoms with van der Waals surface area (Å²) < 4.78 is 5.24. The van der Waals surface area contributed by atoms with Gasteiger partial charge in [0.25, 0.3) is 0 Å². The number of carbonyl (C=O) groups excluding carboxylic acids is 3. The summed E-state index contributed by atoms with van der Waals surface area (Å²) in [6.07, 6.45) is 3.57. The molecule has 0 saturated carbocycles. The van der Waals surface area contributed by atoms with Gasteiger partial charge in [0.05, 0.1) is 24.1 Å². The van der Waals surface area contributed by atoms with E-state index in [-0.39, 0.29) is 29.9 Å². The molecular weight excluding hydrogens is 366 g/mol. The molecule has 1 unspecified atom stereocenters. The highest BCUT2D eigenvalue weighted by Crippen LogP contribution is 2.25. The molecule has 2 N–H and O–H groups in total. The molecule has 1 aromatic heterocycles. The van der Waals surface area contributed by atoms with Crippen LogP contribution in [0.1, 0.15) is 21.7 Å². The molecule has 2 amide bonds. The Bertz CT molecular complexity index is 854. The van der Waals surface area contributed by atoms with E-state index in [0.29, 0.717) is 28.9 Å². The molecule has 1 aromatic carbocycles. The van der Waals surface area contributed by atoms with Crippen molar-refractivity contribution in [2.45, 2.75) is 12.8 Å². The highest BCUT2D eigenvalue weighted by atomic mass is 32.1. The molecule has 3 rings (SSSR count). The monoisotopic (exact) mass is 385 g/mol. The summed E-state index contributed by atoms with van der Waals surface area (Å²) in [5.74, 6) is -0.619. The number of thiazole rings is 1. The van der Waals surface area contributed by atoms with Crippen molar-refractivity contribution in [2.24, 2.45) is 5.92 Å². The molecule has 2 aromatic rings. The van der Waals surface area contributed by atoms with Gasteiger partial charge in [-0.3, -0.25) is 14.4 Å². The Morgan fingerprint density at radius 1 is 1.26 bits per heavy atom. The first-order chi connectivity index (χ1) is 13.0. The molecule has 0 aliphatic carbocycles. The quantitative estimate of drug-likeness (QED) is 0.564. The molecular formula is C19H19N3O4S. The first-order valence-corrected chi connectivity index (χ1v) is 9.27. The summed E-state index contributed by atoms with van der Waals surface area (Å²) >= 11 is 1.17. The molecule has 8 heteroatoms. The lowest BCUT2D eigenvalue weighted by molar-refractivity contribution is -0.115. The Balaban J connectivity index is 1.54. The summed E-state index contributed by atoms with van der Waals surface area (Å²) in [7, 11) is 0. The molecule has 7 nitrogen and oxygen atoms in total. The zero-order valence-electron chi connectivity index (χ0n) is 14.6. The molecule has 1 atom stereocenters. The third-order valence-electron chi connectivity index (χ3n) is 4.07. The maximum Gasteiger partial charge on any atom is 0.247 e. The second-order valence-electron chi connectivity index (χ2n) is 6.07. The normalized spacial score (nSPS) is 15.9. The Kier molecular flexibility index (Phi) is 6.10. The van der Waals surface area contributed by atoms with Gasteiger partial charge in [0, 0.05) is 18.2 Å². The second-order valence-corrected chi connectivity index (χ2v) is 7.10. The Labute approximate surface area is 160 Å². The summed E-state index contributed by atoms with van der Waals surface area (Å²) in [5.41, 5.74) is 1.42. The number of carbonyl (C=O) groups is 3. The Morgan fingerprint density at radius 3 is 2.70 bits per heavy atom. The molecule has 2 heterocycles. The molecule has 140 valence electrons. The van der Waals surface area contributed by atoms with Crippen molar-refractivity contribution >= 4 is 39.8 Å². The fraction of sp³-hybridized carbons (Fsp3) is 0.263. The molecule has 1 aliphatic heterocycles. The number of aromatic nitrogens is 1. The van der Waals surface area contributed by atoms with Crippen LogP contribution in [0.25, 0.3) is 0 Å². The van der Waals surface area contributed by atoms with Gasteiger partial charge in [-0.2, -0.15) is 0 Å². The van der Waals surface area contributed by atoms with Crippen molar-refractivity contribution in [3.8, 4) is 0 Å². The highest BCUT2D eigenvalue weighted by Gasteiger charge is 2.26. The third kappa shape index (κ3) is 5.08. The van der Waals surface area contributed by atoms with Crippen molar-refractivity contribution in [2.75, 3.05) is 23.8 Å². The minimum Gasteiger partial charge on any atom is -0.381 e. The zero-order chi connectivity index (χ0) is 19.2. The topological polar surface area (TPSA) is 97.4 Å². The van der Waals surface area contributed by atoms with Gasteiger partial charge in [0.2, 0.25) is 11.8 Å². The van der Waals surface area contributed by atoms with Crippen LogP contribution in [0.2, 0.25) is 0 Å². The summed E-state index contributed by atoms with van der Waals surface area (Å²) in [4.78, 5) is 40.4. The number of hydrogen-bond acceptors (Lipinski definition) is 6. The van der Waals surface area contributed by atoms with Gasteiger partial charge in [-0.15, -0.1) is 0 Å². The molecule has 1 fully saturated rings. The van der Waals surface area contributed by atoms with Gasteiger partial charge < -0.3 is 15.4 Å². The number of ketones is 1. The van der Waals surface area contributed by atoms with Crippen LogP contribution in [-0.2, 0) is 20.7 Å². The number of anilines is 2. The van der Waals surface area contributed by atoms with Crippen LogP contribution in [0.15, 0.2) is 43.1 Å². The van der Waals surface area contributed by atoms with Gasteiger partial charge >= 0.3 is 0 Å². The average Bonchev–Trinajstić information content (AvgIpc) is 3.34. The number of nitrogens with zero attached hydrogens (tertiary/aromatic N) is 1. The lowest BCUT2D eigenvalue weighted by atomic mass is 10.0. The van der Waals surface area contributed by atoms with E-state index in [1.807, 2.05) is 0 Å². The average molecular weight is 385 g/mol. The van der Waals surface area contributed by atoms with Gasteiger partial charge in [0.1, 0.15) is 0 Å². The van der Waals surface area contributed by atoms with Crippen LogP contribution in [0.3, 0.4) is 0 Å². The number of Topliss-reactive ketones (excluding diaryl/α,β-unsaturated/α-hetero) is 1. The standard InChI is InChI=1S/C19H19N3O4S/c1-2-16(23)21-14-5-3-12(4-6-14)9-17(24)22-19-20-10-15(27-19)18(25)13-7-8-26-11-13/h2-6,10,13H,1,7-9,11H2,(H,21,23)(H,20,22,24). The highest BCUT2D eigenvalue weighted by molar-refractivity contribution is 7.17. The van der Waals surface area contributed by atoms with Crippen LogP contribution in [0.4, 0.5) is 10.8 Å². The predicted molar refractivity (Wildman–Crippen MR) is 103 cm³/mol. The Hall–Kier alpha value is -2.84. The van der Waals surface area contributed by atoms with Crippen molar-refractivity contribution in [3.63, 3.8) is 0 Å². The SMILES string of the molecule is C=CC(=O)Nc1ccc(CC(=O)Nc2ncc(C(=O)C3CCOC3)s2)cc1. The maximum atomic E-state index is 12.3.